The van der Waals surface area contributed by atoms with Gasteiger partial charge in [-0.3, -0.25) is 4.79 Å². The highest BCUT2D eigenvalue weighted by molar-refractivity contribution is 8.00. The lowest BCUT2D eigenvalue weighted by atomic mass is 10.0. The van der Waals surface area contributed by atoms with Crippen molar-refractivity contribution < 1.29 is 9.59 Å². The number of unbranched alkanes of at least 4 members (excludes halogenated alkanes) is 1. The molecule has 7 heteroatoms. The number of fused-ring (bicyclic) bond motifs is 1. The number of rotatable bonds is 6. The number of urea groups is 1. The van der Waals surface area contributed by atoms with Crippen molar-refractivity contribution in [2.24, 2.45) is 0 Å². The highest BCUT2D eigenvalue weighted by Gasteiger charge is 2.42. The van der Waals surface area contributed by atoms with E-state index in [0.717, 1.165) is 30.7 Å². The second-order valence-electron chi connectivity index (χ2n) is 5.93. The second-order valence-corrected chi connectivity index (χ2v) is 7.63. The normalized spacial score (nSPS) is 25.6. The monoisotopic (exact) mass is 353 g/mol. The van der Waals surface area contributed by atoms with E-state index in [9.17, 15) is 9.59 Å². The minimum atomic E-state index is -0.0498. The number of amides is 3. The van der Waals surface area contributed by atoms with Crippen LogP contribution in [0.4, 0.5) is 10.5 Å². The second kappa shape index (κ2) is 7.45. The summed E-state index contributed by atoms with van der Waals surface area (Å²) in [5.74, 6) is 0.989. The molecule has 0 spiro atoms. The minimum absolute atomic E-state index is 0.0139. The average Bonchev–Trinajstić information content (AvgIpc) is 3.03. The molecule has 2 aliphatic heterocycles. The number of carbonyl (C=O) groups excluding carboxylic acids is 2. The molecule has 2 fully saturated rings. The molecule has 3 N–H and O–H groups in total. The van der Waals surface area contributed by atoms with Gasteiger partial charge in [0.2, 0.25) is 5.91 Å². The summed E-state index contributed by atoms with van der Waals surface area (Å²) in [6.07, 6.45) is 3.36. The zero-order chi connectivity index (χ0) is 16.2. The molecule has 2 aliphatic rings. The fourth-order valence-corrected chi connectivity index (χ4v) is 4.80. The summed E-state index contributed by atoms with van der Waals surface area (Å²) in [5.41, 5.74) is 0.733. The Balaban J connectivity index is 1.35. The van der Waals surface area contributed by atoms with Gasteiger partial charge in [0.05, 0.1) is 12.1 Å². The lowest BCUT2D eigenvalue weighted by Crippen LogP contribution is -2.36. The van der Waals surface area contributed by atoms with Crippen LogP contribution in [0.25, 0.3) is 0 Å². The summed E-state index contributed by atoms with van der Waals surface area (Å²) in [6.45, 7) is 0. The molecule has 0 bridgehead atoms. The predicted molar refractivity (Wildman–Crippen MR) is 94.0 cm³/mol. The number of benzene rings is 1. The minimum Gasteiger partial charge on any atom is -0.332 e. The van der Waals surface area contributed by atoms with Crippen molar-refractivity contribution in [1.82, 2.24) is 10.6 Å². The zero-order valence-corrected chi connectivity index (χ0v) is 14.3. The van der Waals surface area contributed by atoms with Crippen LogP contribution in [0.1, 0.15) is 25.7 Å². The molecule has 1 aromatic carbocycles. The Labute approximate surface area is 144 Å². The van der Waals surface area contributed by atoms with E-state index < -0.39 is 0 Å². The molecule has 2 heterocycles. The predicted octanol–water partition coefficient (Wildman–Crippen LogP) is 3.00. The fraction of sp³-hybridized carbons (Fsp3) is 0.500. The highest BCUT2D eigenvalue weighted by atomic mass is 35.5. The molecule has 0 aromatic heterocycles. The Bertz CT molecular complexity index is 598. The molecule has 1 aromatic rings. The van der Waals surface area contributed by atoms with Crippen LogP contribution >= 0.6 is 23.4 Å². The van der Waals surface area contributed by atoms with Gasteiger partial charge in [-0.25, -0.2) is 4.79 Å². The third-order valence-electron chi connectivity index (χ3n) is 4.19. The summed E-state index contributed by atoms with van der Waals surface area (Å²) < 4.78 is 0. The van der Waals surface area contributed by atoms with E-state index >= 15 is 0 Å². The van der Waals surface area contributed by atoms with Gasteiger partial charge in [-0.05, 0) is 31.0 Å². The summed E-state index contributed by atoms with van der Waals surface area (Å²) in [6, 6.07) is 7.62. The number of hydrogen-bond acceptors (Lipinski definition) is 3. The van der Waals surface area contributed by atoms with Gasteiger partial charge in [0.15, 0.2) is 0 Å². The van der Waals surface area contributed by atoms with Crippen molar-refractivity contribution in [2.75, 3.05) is 11.1 Å². The van der Waals surface area contributed by atoms with Gasteiger partial charge >= 0.3 is 6.03 Å². The first-order chi connectivity index (χ1) is 11.1. The lowest BCUT2D eigenvalue weighted by molar-refractivity contribution is -0.116. The first-order valence-corrected chi connectivity index (χ1v) is 9.28. The van der Waals surface area contributed by atoms with Crippen molar-refractivity contribution in [3.05, 3.63) is 29.3 Å². The van der Waals surface area contributed by atoms with Crippen LogP contribution in [0.5, 0.6) is 0 Å². The molecule has 3 rings (SSSR count). The van der Waals surface area contributed by atoms with Crippen molar-refractivity contribution in [2.45, 2.75) is 43.0 Å². The molecule has 0 aliphatic carbocycles. The van der Waals surface area contributed by atoms with Gasteiger partial charge in [-0.15, -0.1) is 0 Å². The Kier molecular flexibility index (Phi) is 5.33. The van der Waals surface area contributed by atoms with E-state index in [1.165, 1.54) is 0 Å². The lowest BCUT2D eigenvalue weighted by Gasteiger charge is -2.16. The van der Waals surface area contributed by atoms with Crippen LogP contribution in [0.2, 0.25) is 5.02 Å². The van der Waals surface area contributed by atoms with E-state index in [1.54, 1.807) is 12.1 Å². The molecule has 5 nitrogen and oxygen atoms in total. The van der Waals surface area contributed by atoms with E-state index in [1.807, 2.05) is 23.9 Å². The first-order valence-electron chi connectivity index (χ1n) is 7.86. The molecule has 3 amide bonds. The largest absolute Gasteiger partial charge is 0.332 e. The Hall–Kier alpha value is -1.40. The van der Waals surface area contributed by atoms with Crippen molar-refractivity contribution in [3.63, 3.8) is 0 Å². The molecule has 0 saturated carbocycles. The molecule has 2 saturated heterocycles. The number of halogens is 1. The standard InChI is InChI=1S/C16H20ClN3O2S/c17-10-4-3-5-11(8-10)18-14(21)7-2-1-6-13-15-12(9-23-13)19-16(22)20-15/h3-5,8,12-13,15H,1-2,6-7,9H2,(H,18,21)(H2,19,20,22)/t12-,13-,15-/m1/s1. The number of anilines is 1. The third kappa shape index (κ3) is 4.32. The van der Waals surface area contributed by atoms with Gasteiger partial charge in [0.25, 0.3) is 0 Å². The number of thioether (sulfide) groups is 1. The SMILES string of the molecule is O=C(CCCC[C@H]1SC[C@H]2NC(=O)N[C@H]21)Nc1cccc(Cl)c1. The summed E-state index contributed by atoms with van der Waals surface area (Å²) in [7, 11) is 0. The summed E-state index contributed by atoms with van der Waals surface area (Å²) in [4.78, 5) is 23.2. The van der Waals surface area contributed by atoms with E-state index in [2.05, 4.69) is 16.0 Å². The van der Waals surface area contributed by atoms with Crippen molar-refractivity contribution in [1.29, 1.82) is 0 Å². The maximum Gasteiger partial charge on any atom is 0.315 e. The molecule has 124 valence electrons. The van der Waals surface area contributed by atoms with Crippen LogP contribution in [0.15, 0.2) is 24.3 Å². The summed E-state index contributed by atoms with van der Waals surface area (Å²) in [5, 5.41) is 9.86. The first kappa shape index (κ1) is 16.5. The topological polar surface area (TPSA) is 70.2 Å². The van der Waals surface area contributed by atoms with Crippen LogP contribution in [-0.4, -0.2) is 35.0 Å². The van der Waals surface area contributed by atoms with Gasteiger partial charge < -0.3 is 16.0 Å². The molecule has 3 atom stereocenters. The molecular formula is C16H20ClN3O2S. The number of nitrogens with one attached hydrogen (secondary N) is 3. The van der Waals surface area contributed by atoms with Crippen molar-refractivity contribution in [3.8, 4) is 0 Å². The van der Waals surface area contributed by atoms with Gasteiger partial charge in [-0.1, -0.05) is 24.1 Å². The van der Waals surface area contributed by atoms with Gasteiger partial charge in [-0.2, -0.15) is 11.8 Å². The van der Waals surface area contributed by atoms with Crippen LogP contribution in [0, 0.1) is 0 Å². The Morgan fingerprint density at radius 2 is 2.22 bits per heavy atom. The summed E-state index contributed by atoms with van der Waals surface area (Å²) >= 11 is 7.80. The van der Waals surface area contributed by atoms with Gasteiger partial charge in [0.1, 0.15) is 0 Å². The third-order valence-corrected chi connectivity index (χ3v) is 5.93. The number of carbonyl (C=O) groups is 2. The molecule has 0 unspecified atom stereocenters. The highest BCUT2D eigenvalue weighted by Crippen LogP contribution is 2.33. The van der Waals surface area contributed by atoms with Gasteiger partial charge in [0, 0.05) is 28.1 Å². The smallest absolute Gasteiger partial charge is 0.315 e. The van der Waals surface area contributed by atoms with Crippen LogP contribution in [0.3, 0.4) is 0 Å². The maximum atomic E-state index is 11.9. The van der Waals surface area contributed by atoms with E-state index in [-0.39, 0.29) is 24.0 Å². The molecule has 23 heavy (non-hydrogen) atoms. The molecule has 0 radical (unpaired) electrons. The quantitative estimate of drug-likeness (QED) is 0.544. The molecular weight excluding hydrogens is 334 g/mol. The fourth-order valence-electron chi connectivity index (χ4n) is 3.06. The zero-order valence-electron chi connectivity index (χ0n) is 12.7. The van der Waals surface area contributed by atoms with Crippen LogP contribution in [-0.2, 0) is 4.79 Å². The Morgan fingerprint density at radius 3 is 3.04 bits per heavy atom. The average molecular weight is 354 g/mol. The van der Waals surface area contributed by atoms with Crippen molar-refractivity contribution >= 4 is 41.0 Å². The number of hydrogen-bond donors (Lipinski definition) is 3. The van der Waals surface area contributed by atoms with E-state index in [0.29, 0.717) is 16.7 Å². The Morgan fingerprint density at radius 1 is 1.35 bits per heavy atom. The maximum absolute atomic E-state index is 11.9. The van der Waals surface area contributed by atoms with Crippen LogP contribution < -0.4 is 16.0 Å². The van der Waals surface area contributed by atoms with E-state index in [4.69, 9.17) is 11.6 Å².